The van der Waals surface area contributed by atoms with Gasteiger partial charge >= 0.3 is 6.09 Å². The lowest BCUT2D eigenvalue weighted by atomic mass is 9.93. The monoisotopic (exact) mass is 622 g/mol. The Morgan fingerprint density at radius 3 is 2.45 bits per heavy atom. The molecule has 0 spiro atoms. The van der Waals surface area contributed by atoms with E-state index in [2.05, 4.69) is 43.9 Å². The number of amides is 1. The Balaban J connectivity index is 1.55. The fourth-order valence-corrected chi connectivity index (χ4v) is 7.15. The van der Waals surface area contributed by atoms with Crippen molar-refractivity contribution in [1.82, 2.24) is 14.6 Å². The van der Waals surface area contributed by atoms with E-state index in [-0.39, 0.29) is 29.1 Å². The summed E-state index contributed by atoms with van der Waals surface area (Å²) in [6.07, 6.45) is 2.57. The molecule has 234 valence electrons. The molecule has 5 rings (SSSR count). The minimum Gasteiger partial charge on any atom is -0.443 e. The normalized spacial score (nSPS) is 26.6. The molecule has 3 aliphatic rings. The Bertz CT molecular complexity index is 1330. The summed E-state index contributed by atoms with van der Waals surface area (Å²) in [5.41, 5.74) is -0.265. The molecule has 10 nitrogen and oxygen atoms in total. The number of anilines is 1. The molecule has 0 N–H and O–H groups in total. The van der Waals surface area contributed by atoms with Crippen LogP contribution in [-0.4, -0.2) is 71.9 Å². The van der Waals surface area contributed by atoms with Crippen molar-refractivity contribution in [3.63, 3.8) is 0 Å². The van der Waals surface area contributed by atoms with E-state index < -0.39 is 37.5 Å². The highest BCUT2D eigenvalue weighted by Crippen LogP contribution is 2.50. The van der Waals surface area contributed by atoms with Crippen LogP contribution in [0.3, 0.4) is 0 Å². The highest BCUT2D eigenvalue weighted by atomic mass is 35.5. The second kappa shape index (κ2) is 10.7. The number of ether oxygens (including phenoxy) is 4. The van der Waals surface area contributed by atoms with Crippen LogP contribution in [0, 0.1) is 0 Å². The van der Waals surface area contributed by atoms with Gasteiger partial charge in [0.25, 0.3) is 0 Å². The molecule has 0 unspecified atom stereocenters. The average molecular weight is 623 g/mol. The summed E-state index contributed by atoms with van der Waals surface area (Å²) in [6, 6.07) is 3.81. The molecule has 2 saturated heterocycles. The van der Waals surface area contributed by atoms with Gasteiger partial charge in [-0.05, 0) is 89.3 Å². The first-order valence-electron chi connectivity index (χ1n) is 15.1. The molecule has 0 radical (unpaired) electrons. The van der Waals surface area contributed by atoms with E-state index in [0.717, 1.165) is 31.4 Å². The van der Waals surface area contributed by atoms with Gasteiger partial charge in [0.15, 0.2) is 25.5 Å². The number of aromatic nitrogens is 3. The predicted molar refractivity (Wildman–Crippen MR) is 164 cm³/mol. The van der Waals surface area contributed by atoms with E-state index in [1.54, 1.807) is 9.42 Å². The van der Waals surface area contributed by atoms with Crippen molar-refractivity contribution in [2.75, 3.05) is 18.1 Å². The van der Waals surface area contributed by atoms with Crippen LogP contribution >= 0.6 is 11.6 Å². The molecular weight excluding hydrogens is 576 g/mol. The highest BCUT2D eigenvalue weighted by molar-refractivity contribution is 6.74. The van der Waals surface area contributed by atoms with Gasteiger partial charge in [-0.15, -0.1) is 5.10 Å². The Kier molecular flexibility index (Phi) is 8.06. The van der Waals surface area contributed by atoms with Crippen LogP contribution in [0.25, 0.3) is 5.52 Å². The average Bonchev–Trinajstić information content (AvgIpc) is 3.59. The molecular formula is C30H47ClN4O6Si. The SMILES string of the molecule is CC(C)(C)OC(=O)N(c1nc(Cl)nn2c([C@@]34CO[C@H](CO[Si](C)(C)C(C)(C)C)[C@H]3OC(C)(C)O4)ccc12)C1CCCC1. The van der Waals surface area contributed by atoms with Gasteiger partial charge in [0, 0.05) is 6.04 Å². The van der Waals surface area contributed by atoms with E-state index in [4.69, 9.17) is 35.0 Å². The summed E-state index contributed by atoms with van der Waals surface area (Å²) in [4.78, 5) is 19.9. The van der Waals surface area contributed by atoms with Crippen LogP contribution in [0.4, 0.5) is 10.6 Å². The molecule has 12 heteroatoms. The summed E-state index contributed by atoms with van der Waals surface area (Å²) in [6.45, 7) is 21.2. The maximum Gasteiger partial charge on any atom is 0.416 e. The second-order valence-electron chi connectivity index (χ2n) is 14.9. The molecule has 42 heavy (non-hydrogen) atoms. The highest BCUT2D eigenvalue weighted by Gasteiger charge is 2.63. The molecule has 3 fully saturated rings. The molecule has 1 amide bonds. The third-order valence-corrected chi connectivity index (χ3v) is 13.6. The molecule has 1 aliphatic carbocycles. The van der Waals surface area contributed by atoms with Gasteiger partial charge in [0.1, 0.15) is 23.3 Å². The van der Waals surface area contributed by atoms with Crippen molar-refractivity contribution in [2.24, 2.45) is 0 Å². The van der Waals surface area contributed by atoms with Crippen LogP contribution in [-0.2, 0) is 29.0 Å². The zero-order valence-corrected chi connectivity index (χ0v) is 28.5. The van der Waals surface area contributed by atoms with E-state index >= 15 is 0 Å². The second-order valence-corrected chi connectivity index (χ2v) is 20.0. The molecule has 2 aromatic heterocycles. The predicted octanol–water partition coefficient (Wildman–Crippen LogP) is 6.83. The standard InChI is InChI=1S/C30H47ClN4O6Si/c1-27(2,3)40-26(36)34(19-13-11-12-14-19)24-20-15-16-22(35(20)33-25(31)32-24)30-18-37-21(23(30)39-29(7,8)41-30)17-38-42(9,10)28(4,5)6/h15-16,19,21,23H,11-14,17-18H2,1-10H3/t21-,23-,30+/m1/s1. The van der Waals surface area contributed by atoms with Gasteiger partial charge in [-0.25, -0.2) is 9.31 Å². The first-order valence-corrected chi connectivity index (χ1v) is 18.3. The van der Waals surface area contributed by atoms with E-state index in [0.29, 0.717) is 17.9 Å². The third kappa shape index (κ3) is 5.85. The molecule has 2 aromatic rings. The van der Waals surface area contributed by atoms with Crippen LogP contribution < -0.4 is 4.90 Å². The molecule has 2 aliphatic heterocycles. The maximum atomic E-state index is 13.6. The zero-order valence-electron chi connectivity index (χ0n) is 26.7. The Labute approximate surface area is 255 Å². The van der Waals surface area contributed by atoms with Gasteiger partial charge in [-0.1, -0.05) is 33.6 Å². The number of carbonyl (C=O) groups is 1. The number of fused-ring (bicyclic) bond motifs is 2. The van der Waals surface area contributed by atoms with Crippen LogP contribution in [0.5, 0.6) is 0 Å². The van der Waals surface area contributed by atoms with Gasteiger partial charge in [0.2, 0.25) is 5.28 Å². The van der Waals surface area contributed by atoms with Crippen molar-refractivity contribution >= 4 is 37.3 Å². The van der Waals surface area contributed by atoms with Crippen molar-refractivity contribution in [3.8, 4) is 0 Å². The number of hydrogen-bond donors (Lipinski definition) is 0. The quantitative estimate of drug-likeness (QED) is 0.323. The Morgan fingerprint density at radius 1 is 1.17 bits per heavy atom. The first-order chi connectivity index (χ1) is 19.3. The van der Waals surface area contributed by atoms with E-state index in [1.807, 2.05) is 46.8 Å². The van der Waals surface area contributed by atoms with Crippen LogP contribution in [0.1, 0.15) is 86.8 Å². The number of halogens is 1. The molecule has 4 heterocycles. The lowest BCUT2D eigenvalue weighted by Crippen LogP contribution is -2.46. The molecule has 1 saturated carbocycles. The molecule has 3 atom stereocenters. The van der Waals surface area contributed by atoms with Gasteiger partial charge in [0.05, 0.1) is 18.9 Å². The summed E-state index contributed by atoms with van der Waals surface area (Å²) in [7, 11) is -2.02. The van der Waals surface area contributed by atoms with Crippen LogP contribution in [0.2, 0.25) is 23.4 Å². The van der Waals surface area contributed by atoms with Gasteiger partial charge in [-0.3, -0.25) is 4.90 Å². The fraction of sp³-hybridized carbons (Fsp3) is 0.767. The van der Waals surface area contributed by atoms with Crippen molar-refractivity contribution in [3.05, 3.63) is 23.1 Å². The summed E-state index contributed by atoms with van der Waals surface area (Å²) in [5.74, 6) is -0.440. The topological polar surface area (TPSA) is 96.7 Å². The third-order valence-electron chi connectivity index (χ3n) is 8.97. The van der Waals surface area contributed by atoms with Crippen molar-refractivity contribution < 1.29 is 28.2 Å². The Morgan fingerprint density at radius 2 is 1.83 bits per heavy atom. The van der Waals surface area contributed by atoms with E-state index in [1.165, 1.54) is 0 Å². The lowest BCUT2D eigenvalue weighted by molar-refractivity contribution is -0.194. The largest absolute Gasteiger partial charge is 0.443 e. The minimum absolute atomic E-state index is 0.0179. The maximum absolute atomic E-state index is 13.6. The number of hydrogen-bond acceptors (Lipinski definition) is 8. The summed E-state index contributed by atoms with van der Waals surface area (Å²) in [5, 5.41) is 4.69. The van der Waals surface area contributed by atoms with E-state index in [9.17, 15) is 4.79 Å². The van der Waals surface area contributed by atoms with Crippen LogP contribution in [0.15, 0.2) is 12.1 Å². The summed E-state index contributed by atoms with van der Waals surface area (Å²) >= 11 is 6.58. The summed E-state index contributed by atoms with van der Waals surface area (Å²) < 4.78 is 33.7. The smallest absolute Gasteiger partial charge is 0.416 e. The zero-order chi connectivity index (χ0) is 30.9. The van der Waals surface area contributed by atoms with Crippen molar-refractivity contribution in [1.29, 1.82) is 0 Å². The minimum atomic E-state index is -2.02. The lowest BCUT2D eigenvalue weighted by Gasteiger charge is -2.37. The number of nitrogens with zero attached hydrogens (tertiary/aromatic N) is 4. The number of carbonyl (C=O) groups excluding carboxylic acids is 1. The molecule has 0 aromatic carbocycles. The first kappa shape index (κ1) is 31.7. The van der Waals surface area contributed by atoms with Crippen molar-refractivity contribution in [2.45, 2.75) is 134 Å². The molecule has 0 bridgehead atoms. The van der Waals surface area contributed by atoms with Gasteiger partial charge < -0.3 is 23.4 Å². The fourth-order valence-electron chi connectivity index (χ4n) is 5.98. The number of rotatable bonds is 6. The van der Waals surface area contributed by atoms with Gasteiger partial charge in [-0.2, -0.15) is 4.98 Å². The Hall–Kier alpha value is -1.76.